The van der Waals surface area contributed by atoms with Gasteiger partial charge in [-0.15, -0.1) is 0 Å². The third-order valence-electron chi connectivity index (χ3n) is 2.91. The van der Waals surface area contributed by atoms with E-state index in [9.17, 15) is 9.59 Å². The summed E-state index contributed by atoms with van der Waals surface area (Å²) in [5, 5.41) is 0. The van der Waals surface area contributed by atoms with E-state index in [-0.39, 0.29) is 11.9 Å². The lowest BCUT2D eigenvalue weighted by atomic mass is 10.1. The molecular formula is C12H13NO3. The molecule has 0 unspecified atom stereocenters. The Hall–Kier alpha value is -1.71. The molecule has 0 amide bonds. The molecule has 0 aromatic carbocycles. The Morgan fingerprint density at radius 1 is 1.62 bits per heavy atom. The van der Waals surface area contributed by atoms with E-state index >= 15 is 0 Å². The van der Waals surface area contributed by atoms with Gasteiger partial charge in [-0.3, -0.25) is 9.78 Å². The lowest BCUT2D eigenvalue weighted by Gasteiger charge is -2.15. The highest BCUT2D eigenvalue weighted by Gasteiger charge is 2.35. The number of nitrogens with zero attached hydrogens (tertiary/aromatic N) is 1. The van der Waals surface area contributed by atoms with Crippen LogP contribution in [-0.4, -0.2) is 17.2 Å². The molecule has 84 valence electrons. The third kappa shape index (κ3) is 1.71. The SMILES string of the molecule is CC(=O)O[C@@H]1c2ccnc(C)c2C[C@H]1C=O. The largest absolute Gasteiger partial charge is 0.457 e. The summed E-state index contributed by atoms with van der Waals surface area (Å²) in [6.45, 7) is 3.25. The van der Waals surface area contributed by atoms with Crippen molar-refractivity contribution in [1.82, 2.24) is 4.98 Å². The van der Waals surface area contributed by atoms with E-state index in [2.05, 4.69) is 4.98 Å². The molecule has 0 N–H and O–H groups in total. The molecule has 0 radical (unpaired) electrons. The van der Waals surface area contributed by atoms with Crippen LogP contribution < -0.4 is 0 Å². The Balaban J connectivity index is 2.40. The van der Waals surface area contributed by atoms with Crippen LogP contribution >= 0.6 is 0 Å². The number of hydrogen-bond donors (Lipinski definition) is 0. The summed E-state index contributed by atoms with van der Waals surface area (Å²) in [4.78, 5) is 26.1. The number of carbonyl (C=O) groups excluding carboxylic acids is 2. The van der Waals surface area contributed by atoms with Crippen molar-refractivity contribution >= 4 is 12.3 Å². The second-order valence-electron chi connectivity index (χ2n) is 4.00. The van der Waals surface area contributed by atoms with Gasteiger partial charge in [0.25, 0.3) is 0 Å². The quantitative estimate of drug-likeness (QED) is 0.556. The fourth-order valence-corrected chi connectivity index (χ4v) is 2.17. The van der Waals surface area contributed by atoms with Gasteiger partial charge >= 0.3 is 5.97 Å². The normalized spacial score (nSPS) is 22.6. The van der Waals surface area contributed by atoms with Gasteiger partial charge in [0.15, 0.2) is 0 Å². The average molecular weight is 219 g/mol. The van der Waals surface area contributed by atoms with Crippen molar-refractivity contribution in [2.45, 2.75) is 26.4 Å². The molecule has 0 saturated heterocycles. The van der Waals surface area contributed by atoms with E-state index in [1.54, 1.807) is 6.20 Å². The number of aldehydes is 1. The van der Waals surface area contributed by atoms with Gasteiger partial charge in [-0.2, -0.15) is 0 Å². The van der Waals surface area contributed by atoms with Gasteiger partial charge < -0.3 is 9.53 Å². The Bertz CT molecular complexity index is 442. The van der Waals surface area contributed by atoms with Crippen molar-refractivity contribution in [1.29, 1.82) is 0 Å². The maximum Gasteiger partial charge on any atom is 0.303 e. The van der Waals surface area contributed by atoms with Crippen molar-refractivity contribution in [3.63, 3.8) is 0 Å². The summed E-state index contributed by atoms with van der Waals surface area (Å²) in [5.41, 5.74) is 2.85. The Labute approximate surface area is 93.6 Å². The van der Waals surface area contributed by atoms with Crippen LogP contribution in [0.5, 0.6) is 0 Å². The molecule has 2 rings (SSSR count). The lowest BCUT2D eigenvalue weighted by Crippen LogP contribution is -2.15. The van der Waals surface area contributed by atoms with Crippen molar-refractivity contribution < 1.29 is 14.3 Å². The topological polar surface area (TPSA) is 56.3 Å². The first-order valence-electron chi connectivity index (χ1n) is 5.20. The third-order valence-corrected chi connectivity index (χ3v) is 2.91. The maximum absolute atomic E-state index is 11.0. The van der Waals surface area contributed by atoms with Crippen molar-refractivity contribution in [2.24, 2.45) is 5.92 Å². The molecular weight excluding hydrogens is 206 g/mol. The molecule has 0 aliphatic heterocycles. The van der Waals surface area contributed by atoms with E-state index in [0.29, 0.717) is 6.42 Å². The standard InChI is InChI=1S/C12H13NO3/c1-7-11-5-9(6-14)12(16-8(2)15)10(11)3-4-13-7/h3-4,6,9,12H,5H2,1-2H3/t9-,12-/m0/s1. The van der Waals surface area contributed by atoms with Gasteiger partial charge in [-0.05, 0) is 30.5 Å². The molecule has 0 saturated carbocycles. The van der Waals surface area contributed by atoms with Gasteiger partial charge in [0.2, 0.25) is 0 Å². The number of aromatic nitrogens is 1. The van der Waals surface area contributed by atoms with Gasteiger partial charge in [-0.25, -0.2) is 0 Å². The van der Waals surface area contributed by atoms with Gasteiger partial charge in [0, 0.05) is 18.8 Å². The lowest BCUT2D eigenvalue weighted by molar-refractivity contribution is -0.149. The van der Waals surface area contributed by atoms with E-state index in [0.717, 1.165) is 23.1 Å². The number of carbonyl (C=O) groups is 2. The highest BCUT2D eigenvalue weighted by Crippen LogP contribution is 2.38. The molecule has 0 fully saturated rings. The van der Waals surface area contributed by atoms with Crippen molar-refractivity contribution in [3.8, 4) is 0 Å². The predicted molar refractivity (Wildman–Crippen MR) is 56.7 cm³/mol. The molecule has 1 aromatic heterocycles. The van der Waals surface area contributed by atoms with Crippen LogP contribution in [0.15, 0.2) is 12.3 Å². The molecule has 4 heteroatoms. The molecule has 2 atom stereocenters. The van der Waals surface area contributed by atoms with Crippen molar-refractivity contribution in [3.05, 3.63) is 29.1 Å². The highest BCUT2D eigenvalue weighted by molar-refractivity contribution is 5.68. The van der Waals surface area contributed by atoms with Gasteiger partial charge in [0.05, 0.1) is 5.92 Å². The molecule has 0 spiro atoms. The highest BCUT2D eigenvalue weighted by atomic mass is 16.5. The number of fused-ring (bicyclic) bond motifs is 1. The molecule has 1 aliphatic carbocycles. The van der Waals surface area contributed by atoms with Crippen LogP contribution in [0.25, 0.3) is 0 Å². The molecule has 1 heterocycles. The summed E-state index contributed by atoms with van der Waals surface area (Å²) in [5.74, 6) is -0.638. The van der Waals surface area contributed by atoms with Crippen molar-refractivity contribution in [2.75, 3.05) is 0 Å². The number of rotatable bonds is 2. The first-order chi connectivity index (χ1) is 7.63. The zero-order valence-corrected chi connectivity index (χ0v) is 9.27. The minimum absolute atomic E-state index is 0.276. The first-order valence-corrected chi connectivity index (χ1v) is 5.20. The number of pyridine rings is 1. The molecule has 0 bridgehead atoms. The van der Waals surface area contributed by atoms with Crippen LogP contribution in [0.3, 0.4) is 0 Å². The van der Waals surface area contributed by atoms with E-state index in [4.69, 9.17) is 4.74 Å². The average Bonchev–Trinajstić information content (AvgIpc) is 2.58. The van der Waals surface area contributed by atoms with Gasteiger partial charge in [0.1, 0.15) is 12.4 Å². The summed E-state index contributed by atoms with van der Waals surface area (Å²) in [6, 6.07) is 1.82. The second kappa shape index (κ2) is 4.04. The minimum atomic E-state index is -0.438. The van der Waals surface area contributed by atoms with Crippen LogP contribution in [0.1, 0.15) is 29.8 Å². The molecule has 4 nitrogen and oxygen atoms in total. The number of ether oxygens (including phenoxy) is 1. The fourth-order valence-electron chi connectivity index (χ4n) is 2.17. The number of esters is 1. The summed E-state index contributed by atoms with van der Waals surface area (Å²) in [6.07, 6.45) is 2.70. The van der Waals surface area contributed by atoms with E-state index < -0.39 is 6.10 Å². The second-order valence-corrected chi connectivity index (χ2v) is 4.00. The molecule has 1 aliphatic rings. The summed E-state index contributed by atoms with van der Waals surface area (Å²) in [7, 11) is 0. The zero-order chi connectivity index (χ0) is 11.7. The smallest absolute Gasteiger partial charge is 0.303 e. The Kier molecular flexibility index (Phi) is 2.73. The first kappa shape index (κ1) is 10.8. The van der Waals surface area contributed by atoms with Crippen LogP contribution in [0, 0.1) is 12.8 Å². The molecule has 1 aromatic rings. The van der Waals surface area contributed by atoms with Crippen LogP contribution in [0.2, 0.25) is 0 Å². The van der Waals surface area contributed by atoms with Crippen LogP contribution in [-0.2, 0) is 20.7 Å². The maximum atomic E-state index is 11.0. The van der Waals surface area contributed by atoms with Gasteiger partial charge in [-0.1, -0.05) is 0 Å². The monoisotopic (exact) mass is 219 g/mol. The summed E-state index contributed by atoms with van der Waals surface area (Å²) < 4.78 is 5.20. The molecule has 16 heavy (non-hydrogen) atoms. The van der Waals surface area contributed by atoms with Crippen LogP contribution in [0.4, 0.5) is 0 Å². The Morgan fingerprint density at radius 2 is 2.38 bits per heavy atom. The fraction of sp³-hybridized carbons (Fsp3) is 0.417. The Morgan fingerprint density at radius 3 is 3.00 bits per heavy atom. The summed E-state index contributed by atoms with van der Waals surface area (Å²) >= 11 is 0. The number of aryl methyl sites for hydroxylation is 1. The zero-order valence-electron chi connectivity index (χ0n) is 9.27. The minimum Gasteiger partial charge on any atom is -0.457 e. The van der Waals surface area contributed by atoms with E-state index in [1.165, 1.54) is 6.92 Å². The predicted octanol–water partition coefficient (Wildman–Crippen LogP) is 1.37. The number of hydrogen-bond acceptors (Lipinski definition) is 4. The van der Waals surface area contributed by atoms with E-state index in [1.807, 2.05) is 13.0 Å².